The molecule has 1 amide bonds. The van der Waals surface area contributed by atoms with Crippen LogP contribution in [0, 0.1) is 6.92 Å². The number of sulfonamides is 1. The highest BCUT2D eigenvalue weighted by atomic mass is 32.2. The molecule has 0 spiro atoms. The average molecular weight is 655 g/mol. The Hall–Kier alpha value is -3.76. The van der Waals surface area contributed by atoms with Gasteiger partial charge in [0.15, 0.2) is 10.8 Å². The molecule has 1 atom stereocenters. The molecule has 0 bridgehead atoms. The first-order valence-electron chi connectivity index (χ1n) is 13.5. The molecule has 0 aliphatic carbocycles. The van der Waals surface area contributed by atoms with Crippen molar-refractivity contribution < 1.29 is 35.2 Å². The van der Waals surface area contributed by atoms with E-state index in [1.807, 2.05) is 0 Å². The molecule has 1 N–H and O–H groups in total. The minimum atomic E-state index is -4.65. The third-order valence-electron chi connectivity index (χ3n) is 7.24. The van der Waals surface area contributed by atoms with Crippen LogP contribution in [0.25, 0.3) is 10.3 Å². The summed E-state index contributed by atoms with van der Waals surface area (Å²) in [7, 11) is -4.41. The number of hydrogen-bond donors (Lipinski definition) is 1. The van der Waals surface area contributed by atoms with Crippen molar-refractivity contribution in [1.29, 1.82) is 0 Å². The fourth-order valence-corrected chi connectivity index (χ4v) is 7.20. The van der Waals surface area contributed by atoms with E-state index < -0.39 is 44.5 Å². The van der Waals surface area contributed by atoms with Crippen LogP contribution in [0.2, 0.25) is 0 Å². The normalized spacial score (nSPS) is 16.8. The Morgan fingerprint density at radius 1 is 1.00 bits per heavy atom. The molecule has 16 heteroatoms. The first kappa shape index (κ1) is 31.7. The number of aromatic nitrogens is 3. The Morgan fingerprint density at radius 2 is 1.66 bits per heavy atom. The molecule has 1 saturated heterocycles. The summed E-state index contributed by atoms with van der Waals surface area (Å²) in [6, 6.07) is 7.23. The van der Waals surface area contributed by atoms with E-state index in [2.05, 4.69) is 20.3 Å². The second-order valence-corrected chi connectivity index (χ2v) is 13.1. The minimum absolute atomic E-state index is 0.0719. The monoisotopic (exact) mass is 654 g/mol. The maximum atomic E-state index is 14.0. The van der Waals surface area contributed by atoms with Crippen LogP contribution >= 0.6 is 11.3 Å². The first-order chi connectivity index (χ1) is 20.7. The summed E-state index contributed by atoms with van der Waals surface area (Å²) >= 11 is 1.27. The molecule has 2 aromatic heterocycles. The second-order valence-electron chi connectivity index (χ2n) is 10.2. The van der Waals surface area contributed by atoms with E-state index in [1.54, 1.807) is 18.0 Å². The van der Waals surface area contributed by atoms with Crippen LogP contribution in [0.1, 0.15) is 35.9 Å². The van der Waals surface area contributed by atoms with Crippen molar-refractivity contribution in [2.45, 2.75) is 49.8 Å². The molecule has 9 nitrogen and oxygen atoms in total. The molecule has 234 valence electrons. The lowest BCUT2D eigenvalue weighted by molar-refractivity contribution is -0.137. The van der Waals surface area contributed by atoms with Crippen LogP contribution in [-0.2, 0) is 33.5 Å². The van der Waals surface area contributed by atoms with Crippen LogP contribution in [0.5, 0.6) is 0 Å². The average Bonchev–Trinajstić information content (AvgIpc) is 3.42. The van der Waals surface area contributed by atoms with Gasteiger partial charge in [-0.1, -0.05) is 42.5 Å². The van der Waals surface area contributed by atoms with Crippen LogP contribution in [0.15, 0.2) is 59.6 Å². The molecule has 0 saturated carbocycles. The molecular weight excluding hydrogens is 627 g/mol. The molecule has 1 aliphatic heterocycles. The number of benzene rings is 2. The number of rotatable bonds is 8. The Balaban J connectivity index is 1.41. The van der Waals surface area contributed by atoms with Crippen molar-refractivity contribution in [3.63, 3.8) is 0 Å². The summed E-state index contributed by atoms with van der Waals surface area (Å²) in [6.45, 7) is 2.88. The zero-order valence-corrected chi connectivity index (χ0v) is 25.1. The quantitative estimate of drug-likeness (QED) is 0.263. The van der Waals surface area contributed by atoms with E-state index in [9.17, 15) is 35.2 Å². The van der Waals surface area contributed by atoms with Gasteiger partial charge in [-0.2, -0.15) is 22.5 Å². The van der Waals surface area contributed by atoms with Gasteiger partial charge in [-0.3, -0.25) is 4.79 Å². The van der Waals surface area contributed by atoms with Gasteiger partial charge in [0.05, 0.1) is 21.4 Å². The van der Waals surface area contributed by atoms with Crippen molar-refractivity contribution >= 4 is 42.7 Å². The molecule has 44 heavy (non-hydrogen) atoms. The molecule has 0 unspecified atom stereocenters. The van der Waals surface area contributed by atoms with Crippen molar-refractivity contribution in [3.8, 4) is 0 Å². The highest BCUT2D eigenvalue weighted by Crippen LogP contribution is 2.33. The number of carbonyl (C=O) groups excluding carboxylic acids is 1. The fraction of sp³-hybridized carbons (Fsp3) is 0.357. The number of fused-ring (bicyclic) bond motifs is 1. The lowest BCUT2D eigenvalue weighted by Crippen LogP contribution is -2.60. The van der Waals surface area contributed by atoms with Crippen molar-refractivity contribution in [2.75, 3.05) is 24.5 Å². The molecule has 0 radical (unpaired) electrons. The summed E-state index contributed by atoms with van der Waals surface area (Å²) < 4.78 is 96.3. The third-order valence-corrected chi connectivity index (χ3v) is 10.2. The van der Waals surface area contributed by atoms with Crippen LogP contribution in [0.3, 0.4) is 0 Å². The molecular formula is C28H27F5N6O3S2. The van der Waals surface area contributed by atoms with Gasteiger partial charge >= 0.3 is 6.18 Å². The lowest BCUT2D eigenvalue weighted by atomic mass is 10.0. The molecule has 4 aromatic rings. The van der Waals surface area contributed by atoms with Gasteiger partial charge in [0, 0.05) is 38.2 Å². The maximum absolute atomic E-state index is 14.0. The number of hydrogen-bond acceptors (Lipinski definition) is 8. The number of nitrogens with one attached hydrogen (secondary N) is 1. The van der Waals surface area contributed by atoms with E-state index in [0.29, 0.717) is 39.0 Å². The zero-order chi connectivity index (χ0) is 31.9. The largest absolute Gasteiger partial charge is 0.416 e. The Kier molecular flexibility index (Phi) is 8.61. The summed E-state index contributed by atoms with van der Waals surface area (Å²) in [4.78, 5) is 27.9. The zero-order valence-electron chi connectivity index (χ0n) is 23.5. The number of aryl methyl sites for hydroxylation is 1. The summed E-state index contributed by atoms with van der Waals surface area (Å²) in [6.07, 6.45) is -3.40. The van der Waals surface area contributed by atoms with Crippen LogP contribution in [0.4, 0.5) is 27.1 Å². The predicted octanol–water partition coefficient (Wildman–Crippen LogP) is 5.11. The van der Waals surface area contributed by atoms with E-state index in [1.165, 1.54) is 42.5 Å². The van der Waals surface area contributed by atoms with Gasteiger partial charge in [0.2, 0.25) is 15.9 Å². The number of halogens is 5. The summed E-state index contributed by atoms with van der Waals surface area (Å²) in [5.41, 5.74) is -0.204. The SMILES string of the molecule is CCC(F)(F)c1ccc(CNC(=O)[C@H]2CN(c3nc4nc(C)ncc4s3)CCN2S(=O)(=O)c2ccc(C(F)(F)F)cc2)cc1. The van der Waals surface area contributed by atoms with Gasteiger partial charge in [0.1, 0.15) is 11.9 Å². The first-order valence-corrected chi connectivity index (χ1v) is 15.7. The highest BCUT2D eigenvalue weighted by Gasteiger charge is 2.41. The van der Waals surface area contributed by atoms with E-state index in [4.69, 9.17) is 0 Å². The maximum Gasteiger partial charge on any atom is 0.416 e. The third kappa shape index (κ3) is 6.51. The number of nitrogens with zero attached hydrogens (tertiary/aromatic N) is 5. The van der Waals surface area contributed by atoms with Gasteiger partial charge in [-0.15, -0.1) is 0 Å². The fourth-order valence-electron chi connectivity index (χ4n) is 4.72. The number of alkyl halides is 5. The van der Waals surface area contributed by atoms with Gasteiger partial charge in [-0.25, -0.2) is 27.2 Å². The standard InChI is InChI=1S/C28H27F5N6O3S2/c1-3-27(29,30)19-6-4-18(5-7-19)14-35-25(40)22-16-38(26-37-24-23(43-26)15-34-17(2)36-24)12-13-39(22)44(41,42)21-10-8-20(9-11-21)28(31,32)33/h4-11,15,22H,3,12-14,16H2,1-2H3,(H,35,40)/t22-/m1/s1. The summed E-state index contributed by atoms with van der Waals surface area (Å²) in [5.74, 6) is -3.15. The van der Waals surface area contributed by atoms with E-state index in [0.717, 1.165) is 16.4 Å². The van der Waals surface area contributed by atoms with Gasteiger partial charge in [-0.05, 0) is 36.8 Å². The molecule has 2 aromatic carbocycles. The Bertz CT molecular complexity index is 1760. The number of thiazole rings is 1. The minimum Gasteiger partial charge on any atom is -0.351 e. The number of amides is 1. The van der Waals surface area contributed by atoms with Gasteiger partial charge < -0.3 is 10.2 Å². The smallest absolute Gasteiger partial charge is 0.351 e. The summed E-state index contributed by atoms with van der Waals surface area (Å²) in [5, 5.41) is 3.18. The predicted molar refractivity (Wildman–Crippen MR) is 154 cm³/mol. The van der Waals surface area contributed by atoms with Gasteiger partial charge in [0.25, 0.3) is 5.92 Å². The molecule has 1 aliphatic rings. The number of anilines is 1. The molecule has 5 rings (SSSR count). The molecule has 1 fully saturated rings. The van der Waals surface area contributed by atoms with E-state index >= 15 is 0 Å². The second kappa shape index (κ2) is 12.0. The topological polar surface area (TPSA) is 108 Å². The Labute approximate surface area is 253 Å². The molecule has 3 heterocycles. The van der Waals surface area contributed by atoms with Crippen molar-refractivity contribution in [3.05, 3.63) is 77.2 Å². The van der Waals surface area contributed by atoms with Crippen molar-refractivity contribution in [1.82, 2.24) is 24.6 Å². The Morgan fingerprint density at radius 3 is 2.30 bits per heavy atom. The van der Waals surface area contributed by atoms with Crippen LogP contribution in [-0.4, -0.2) is 59.3 Å². The van der Waals surface area contributed by atoms with Crippen molar-refractivity contribution in [2.24, 2.45) is 0 Å². The number of carbonyl (C=O) groups is 1. The highest BCUT2D eigenvalue weighted by molar-refractivity contribution is 7.89. The lowest BCUT2D eigenvalue weighted by Gasteiger charge is -2.39. The number of piperazine rings is 1. The van der Waals surface area contributed by atoms with E-state index in [-0.39, 0.29) is 38.2 Å². The van der Waals surface area contributed by atoms with Crippen LogP contribution < -0.4 is 10.2 Å².